The van der Waals surface area contributed by atoms with Crippen LogP contribution in [0.5, 0.6) is 0 Å². The van der Waals surface area contributed by atoms with Crippen molar-refractivity contribution in [2.75, 3.05) is 52.5 Å². The van der Waals surface area contributed by atoms with E-state index < -0.39 is 0 Å². The molecule has 1 aliphatic rings. The summed E-state index contributed by atoms with van der Waals surface area (Å²) in [5.41, 5.74) is 0. The van der Waals surface area contributed by atoms with E-state index in [2.05, 4.69) is 43.2 Å². The Hall–Kier alpha value is 0.230. The second kappa shape index (κ2) is 10.0. The average molecular weight is 289 g/mol. The fourth-order valence-electron chi connectivity index (χ4n) is 2.46. The van der Waals surface area contributed by atoms with Gasteiger partial charge >= 0.3 is 0 Å². The topological polar surface area (TPSA) is 15.7 Å². The van der Waals surface area contributed by atoms with Gasteiger partial charge in [0, 0.05) is 51.1 Å². The Morgan fingerprint density at radius 3 is 2.21 bits per heavy atom. The second-order valence-electron chi connectivity index (χ2n) is 6.14. The molecule has 0 saturated carbocycles. The van der Waals surface area contributed by atoms with Gasteiger partial charge in [-0.1, -0.05) is 20.8 Å². The molecule has 3 nitrogen and oxygen atoms in total. The zero-order valence-electron chi connectivity index (χ0n) is 13.0. The summed E-state index contributed by atoms with van der Waals surface area (Å²) in [6.07, 6.45) is 2.48. The molecule has 1 aliphatic heterocycles. The number of rotatable bonds is 9. The van der Waals surface area contributed by atoms with Gasteiger partial charge in [-0.25, -0.2) is 0 Å². The van der Waals surface area contributed by atoms with Crippen molar-refractivity contribution in [2.24, 2.45) is 5.92 Å². The van der Waals surface area contributed by atoms with Crippen molar-refractivity contribution in [3.05, 3.63) is 0 Å². The van der Waals surface area contributed by atoms with Crippen molar-refractivity contribution >= 4 is 12.6 Å². The second-order valence-corrected chi connectivity index (χ2v) is 7.02. The van der Waals surface area contributed by atoms with Gasteiger partial charge in [0.25, 0.3) is 0 Å². The van der Waals surface area contributed by atoms with E-state index in [4.69, 9.17) is 4.74 Å². The fourth-order valence-corrected chi connectivity index (χ4v) is 2.69. The molecule has 0 aliphatic carbocycles. The number of nitrogens with zero attached hydrogens (tertiary/aromatic N) is 2. The molecule has 0 amide bonds. The molecule has 0 N–H and O–H groups in total. The molecule has 1 rings (SSSR count). The van der Waals surface area contributed by atoms with Gasteiger partial charge in [-0.15, -0.1) is 0 Å². The molecule has 0 radical (unpaired) electrons. The molecule has 1 unspecified atom stereocenters. The summed E-state index contributed by atoms with van der Waals surface area (Å²) in [5.74, 6) is 0.797. The Bertz CT molecular complexity index is 216. The molecular formula is C15H32N2OS. The van der Waals surface area contributed by atoms with Crippen molar-refractivity contribution in [2.45, 2.75) is 38.9 Å². The van der Waals surface area contributed by atoms with Gasteiger partial charge in [0.1, 0.15) is 0 Å². The van der Waals surface area contributed by atoms with Gasteiger partial charge in [-0.05, 0) is 18.8 Å². The van der Waals surface area contributed by atoms with Crippen molar-refractivity contribution in [3.63, 3.8) is 0 Å². The summed E-state index contributed by atoms with van der Waals surface area (Å²) in [5, 5.41) is 0.482. The highest BCUT2D eigenvalue weighted by Crippen LogP contribution is 2.05. The van der Waals surface area contributed by atoms with E-state index in [-0.39, 0.29) is 0 Å². The Morgan fingerprint density at radius 1 is 1.00 bits per heavy atom. The molecule has 114 valence electrons. The number of ether oxygens (including phenoxy) is 1. The predicted octanol–water partition coefficient (Wildman–Crippen LogP) is 2.38. The highest BCUT2D eigenvalue weighted by atomic mass is 32.1. The summed E-state index contributed by atoms with van der Waals surface area (Å²) < 4.78 is 5.71. The van der Waals surface area contributed by atoms with Crippen LogP contribution in [-0.2, 0) is 4.74 Å². The molecule has 19 heavy (non-hydrogen) atoms. The first-order chi connectivity index (χ1) is 9.08. The lowest BCUT2D eigenvalue weighted by Gasteiger charge is -2.35. The highest BCUT2D eigenvalue weighted by Gasteiger charge is 2.16. The molecule has 0 aromatic heterocycles. The molecule has 0 aromatic carbocycles. The first-order valence-corrected chi connectivity index (χ1v) is 8.30. The summed E-state index contributed by atoms with van der Waals surface area (Å²) in [4.78, 5) is 5.03. The first-order valence-electron chi connectivity index (χ1n) is 7.78. The fraction of sp³-hybridized carbons (Fsp3) is 1.00. The van der Waals surface area contributed by atoms with Crippen molar-refractivity contribution in [3.8, 4) is 0 Å². The van der Waals surface area contributed by atoms with E-state index >= 15 is 0 Å². The van der Waals surface area contributed by atoms with Gasteiger partial charge < -0.3 is 4.74 Å². The van der Waals surface area contributed by atoms with Gasteiger partial charge in [0.05, 0.1) is 6.61 Å². The van der Waals surface area contributed by atoms with Crippen LogP contribution in [0.1, 0.15) is 33.6 Å². The van der Waals surface area contributed by atoms with Crippen LogP contribution in [0.15, 0.2) is 0 Å². The minimum absolute atomic E-state index is 0.482. The van der Waals surface area contributed by atoms with Gasteiger partial charge in [-0.2, -0.15) is 12.6 Å². The Kier molecular flexibility index (Phi) is 9.12. The monoisotopic (exact) mass is 288 g/mol. The zero-order chi connectivity index (χ0) is 14.1. The largest absolute Gasteiger partial charge is 0.380 e. The lowest BCUT2D eigenvalue weighted by Crippen LogP contribution is -2.48. The highest BCUT2D eigenvalue weighted by molar-refractivity contribution is 7.80. The number of hydrogen-bond acceptors (Lipinski definition) is 4. The van der Waals surface area contributed by atoms with Crippen LogP contribution in [0.4, 0.5) is 0 Å². The van der Waals surface area contributed by atoms with Gasteiger partial charge in [0.15, 0.2) is 0 Å². The zero-order valence-corrected chi connectivity index (χ0v) is 13.9. The maximum absolute atomic E-state index is 5.71. The number of hydrogen-bond donors (Lipinski definition) is 1. The molecule has 1 atom stereocenters. The van der Waals surface area contributed by atoms with Gasteiger partial charge in [0.2, 0.25) is 0 Å². The van der Waals surface area contributed by atoms with Crippen molar-refractivity contribution < 1.29 is 4.74 Å². The predicted molar refractivity (Wildman–Crippen MR) is 86.2 cm³/mol. The third-order valence-corrected chi connectivity index (χ3v) is 3.77. The number of piperazine rings is 1. The van der Waals surface area contributed by atoms with Crippen LogP contribution < -0.4 is 0 Å². The first kappa shape index (κ1) is 17.3. The molecule has 1 fully saturated rings. The van der Waals surface area contributed by atoms with Crippen LogP contribution in [-0.4, -0.2) is 67.5 Å². The van der Waals surface area contributed by atoms with E-state index in [1.165, 1.54) is 39.0 Å². The molecule has 0 aromatic rings. The molecular weight excluding hydrogens is 256 g/mol. The van der Waals surface area contributed by atoms with E-state index in [0.717, 1.165) is 32.2 Å². The summed E-state index contributed by atoms with van der Waals surface area (Å²) in [7, 11) is 0. The maximum Gasteiger partial charge on any atom is 0.0593 e. The van der Waals surface area contributed by atoms with E-state index in [1.54, 1.807) is 0 Å². The summed E-state index contributed by atoms with van der Waals surface area (Å²) >= 11 is 4.46. The lowest BCUT2D eigenvalue weighted by atomic mass is 10.1. The van der Waals surface area contributed by atoms with Crippen molar-refractivity contribution in [1.82, 2.24) is 9.80 Å². The van der Waals surface area contributed by atoms with Gasteiger partial charge in [-0.3, -0.25) is 9.80 Å². The Morgan fingerprint density at radius 2 is 1.63 bits per heavy atom. The van der Waals surface area contributed by atoms with Crippen molar-refractivity contribution in [1.29, 1.82) is 0 Å². The standard InChI is InChI=1S/C15H32N2OS/c1-14(2)5-4-11-18-12-10-16-6-8-17(9-7-16)13-15(3)19/h14-15,19H,4-13H2,1-3H3. The van der Waals surface area contributed by atoms with Crippen LogP contribution in [0, 0.1) is 5.92 Å². The smallest absolute Gasteiger partial charge is 0.0593 e. The Balaban J connectivity index is 1.95. The SMILES string of the molecule is CC(C)CCCOCCN1CCN(CC(C)S)CC1. The third kappa shape index (κ3) is 8.90. The molecule has 1 heterocycles. The molecule has 1 saturated heterocycles. The van der Waals surface area contributed by atoms with Crippen LogP contribution in [0.2, 0.25) is 0 Å². The van der Waals surface area contributed by atoms with Crippen LogP contribution in [0.3, 0.4) is 0 Å². The number of thiol groups is 1. The van der Waals surface area contributed by atoms with E-state index in [9.17, 15) is 0 Å². The van der Waals surface area contributed by atoms with E-state index in [0.29, 0.717) is 5.25 Å². The quantitative estimate of drug-likeness (QED) is 0.518. The maximum atomic E-state index is 5.71. The van der Waals surface area contributed by atoms with E-state index in [1.807, 2.05) is 0 Å². The summed E-state index contributed by atoms with van der Waals surface area (Å²) in [6, 6.07) is 0. The average Bonchev–Trinajstić information content (AvgIpc) is 2.34. The Labute approximate surface area is 125 Å². The van der Waals surface area contributed by atoms with Crippen LogP contribution in [0.25, 0.3) is 0 Å². The third-order valence-electron chi connectivity index (χ3n) is 3.61. The van der Waals surface area contributed by atoms with Crippen LogP contribution >= 0.6 is 12.6 Å². The minimum atomic E-state index is 0.482. The normalized spacial score (nSPS) is 20.1. The molecule has 0 spiro atoms. The summed E-state index contributed by atoms with van der Waals surface area (Å²) in [6.45, 7) is 15.4. The molecule has 4 heteroatoms. The lowest BCUT2D eigenvalue weighted by molar-refractivity contribution is 0.0736. The minimum Gasteiger partial charge on any atom is -0.380 e. The molecule has 0 bridgehead atoms.